The van der Waals surface area contributed by atoms with Crippen LogP contribution < -0.4 is 5.14 Å². The molecule has 0 aromatic carbocycles. The van der Waals surface area contributed by atoms with Crippen LogP contribution in [0.25, 0.3) is 0 Å². The van der Waals surface area contributed by atoms with E-state index in [-0.39, 0.29) is 17.5 Å². The van der Waals surface area contributed by atoms with Crippen molar-refractivity contribution in [1.82, 2.24) is 0 Å². The van der Waals surface area contributed by atoms with Crippen molar-refractivity contribution in [2.75, 3.05) is 5.08 Å². The molecule has 0 spiro atoms. The highest BCUT2D eigenvalue weighted by Gasteiger charge is 2.11. The molecule has 0 amide bonds. The molecular weight excluding hydrogens is 214 g/mol. The molecule has 0 saturated carbocycles. The zero-order chi connectivity index (χ0) is 10.5. The maximum atomic E-state index is 10.7. The van der Waals surface area contributed by atoms with E-state index < -0.39 is 15.5 Å². The number of carbonyl (C=O) groups is 1. The van der Waals surface area contributed by atoms with Gasteiger partial charge in [-0.15, -0.1) is 11.8 Å². The second-order valence-electron chi connectivity index (χ2n) is 2.36. The highest BCUT2D eigenvalue weighted by molar-refractivity contribution is 8.11. The Morgan fingerprint density at radius 3 is 2.54 bits per heavy atom. The van der Waals surface area contributed by atoms with Gasteiger partial charge in [0.2, 0.25) is 10.0 Å². The van der Waals surface area contributed by atoms with E-state index in [1.165, 1.54) is 0 Å². The average Bonchev–Trinajstić information content (AvgIpc) is 1.99. The van der Waals surface area contributed by atoms with Crippen molar-refractivity contribution in [3.63, 3.8) is 0 Å². The second-order valence-corrected chi connectivity index (χ2v) is 5.62. The van der Waals surface area contributed by atoms with Crippen LogP contribution in [0.5, 0.6) is 0 Å². The maximum absolute atomic E-state index is 10.7. The van der Waals surface area contributed by atoms with Gasteiger partial charge in [0.15, 0.2) is 0 Å². The van der Waals surface area contributed by atoms with Gasteiger partial charge in [-0.3, -0.25) is 4.79 Å². The van der Waals surface area contributed by atoms with Crippen molar-refractivity contribution in [1.29, 1.82) is 0 Å². The third-order valence-corrected chi connectivity index (χ3v) is 3.48. The first-order chi connectivity index (χ1) is 5.85. The van der Waals surface area contributed by atoms with Crippen LogP contribution >= 0.6 is 11.8 Å². The van der Waals surface area contributed by atoms with E-state index in [1.807, 2.05) is 0 Å². The molecule has 0 aromatic rings. The van der Waals surface area contributed by atoms with Gasteiger partial charge in [-0.05, 0) is 6.92 Å². The van der Waals surface area contributed by atoms with Gasteiger partial charge in [0.25, 0.3) is 0 Å². The smallest absolute Gasteiger partial charge is 0.306 e. The van der Waals surface area contributed by atoms with Crippen LogP contribution in [-0.4, -0.2) is 24.9 Å². The van der Waals surface area contributed by atoms with Crippen LogP contribution in [0.1, 0.15) is 20.3 Å². The molecule has 13 heavy (non-hydrogen) atoms. The number of primary sulfonamides is 1. The first kappa shape index (κ1) is 12.7. The van der Waals surface area contributed by atoms with Crippen molar-refractivity contribution < 1.29 is 17.9 Å². The number of thioether (sulfide) groups is 1. The average molecular weight is 227 g/mol. The molecule has 0 fully saturated rings. The summed E-state index contributed by atoms with van der Waals surface area (Å²) in [7, 11) is -3.49. The highest BCUT2D eigenvalue weighted by atomic mass is 32.3. The predicted molar refractivity (Wildman–Crippen MR) is 51.4 cm³/mol. The summed E-state index contributed by atoms with van der Waals surface area (Å²) in [6.45, 7) is 3.27. The second kappa shape index (κ2) is 5.46. The van der Waals surface area contributed by atoms with Gasteiger partial charge in [0.1, 0.15) is 10.5 Å². The molecule has 1 atom stereocenters. The molecule has 0 bridgehead atoms. The zero-order valence-electron chi connectivity index (χ0n) is 7.52. The minimum atomic E-state index is -3.49. The van der Waals surface area contributed by atoms with E-state index in [2.05, 4.69) is 0 Å². The number of esters is 1. The van der Waals surface area contributed by atoms with E-state index in [4.69, 9.17) is 9.88 Å². The first-order valence-corrected chi connectivity index (χ1v) is 6.43. The van der Waals surface area contributed by atoms with Gasteiger partial charge in [0.05, 0.1) is 0 Å². The van der Waals surface area contributed by atoms with Crippen LogP contribution in [0.3, 0.4) is 0 Å². The molecule has 0 saturated heterocycles. The molecule has 7 heteroatoms. The lowest BCUT2D eigenvalue weighted by molar-refractivity contribution is -0.144. The maximum Gasteiger partial charge on any atom is 0.306 e. The first-order valence-electron chi connectivity index (χ1n) is 3.66. The Kier molecular flexibility index (Phi) is 5.34. The molecule has 0 rings (SSSR count). The van der Waals surface area contributed by atoms with Crippen LogP contribution in [0.4, 0.5) is 0 Å². The standard InChI is InChI=1S/C6H13NO4S2/c1-3-6(8)11-5(2)12-4-13(7,9)10/h5H,3-4H2,1-2H3,(H2,7,9,10). The van der Waals surface area contributed by atoms with Gasteiger partial charge in [-0.2, -0.15) is 0 Å². The van der Waals surface area contributed by atoms with E-state index in [9.17, 15) is 13.2 Å². The Bertz CT molecular complexity index is 262. The van der Waals surface area contributed by atoms with E-state index in [0.717, 1.165) is 11.8 Å². The summed E-state index contributed by atoms with van der Waals surface area (Å²) >= 11 is 0.971. The molecule has 2 N–H and O–H groups in total. The number of ether oxygens (including phenoxy) is 1. The van der Waals surface area contributed by atoms with Gasteiger partial charge in [-0.25, -0.2) is 13.6 Å². The quantitative estimate of drug-likeness (QED) is 0.538. The zero-order valence-corrected chi connectivity index (χ0v) is 9.15. The molecule has 0 aliphatic rings. The molecule has 0 aliphatic carbocycles. The summed E-state index contributed by atoms with van der Waals surface area (Å²) in [6, 6.07) is 0. The molecule has 0 aromatic heterocycles. The number of hydrogen-bond acceptors (Lipinski definition) is 5. The predicted octanol–water partition coefficient (Wildman–Crippen LogP) is 0.265. The molecule has 1 unspecified atom stereocenters. The Morgan fingerprint density at radius 1 is 1.62 bits per heavy atom. The van der Waals surface area contributed by atoms with E-state index in [0.29, 0.717) is 0 Å². The van der Waals surface area contributed by atoms with Gasteiger partial charge >= 0.3 is 5.97 Å². The summed E-state index contributed by atoms with van der Waals surface area (Å²) in [5, 5.41) is 4.51. The third kappa shape index (κ3) is 8.07. The Labute approximate surface area is 82.1 Å². The molecule has 5 nitrogen and oxygen atoms in total. The van der Waals surface area contributed by atoms with Crippen LogP contribution in [0.15, 0.2) is 0 Å². The molecule has 0 heterocycles. The Morgan fingerprint density at radius 2 is 2.15 bits per heavy atom. The summed E-state index contributed by atoms with van der Waals surface area (Å²) in [4.78, 5) is 10.7. The summed E-state index contributed by atoms with van der Waals surface area (Å²) in [5.74, 6) is -0.352. The lowest BCUT2D eigenvalue weighted by atomic mass is 10.5. The number of rotatable bonds is 5. The molecule has 78 valence electrons. The fraction of sp³-hybridized carbons (Fsp3) is 0.833. The normalized spacial score (nSPS) is 13.8. The lowest BCUT2D eigenvalue weighted by Crippen LogP contribution is -2.18. The topological polar surface area (TPSA) is 86.5 Å². The number of carbonyl (C=O) groups excluding carboxylic acids is 1. The molecule has 0 radical (unpaired) electrons. The number of nitrogens with two attached hydrogens (primary N) is 1. The van der Waals surface area contributed by atoms with Crippen molar-refractivity contribution in [2.24, 2.45) is 5.14 Å². The van der Waals surface area contributed by atoms with Gasteiger partial charge < -0.3 is 4.74 Å². The van der Waals surface area contributed by atoms with Crippen LogP contribution in [0.2, 0.25) is 0 Å². The van der Waals surface area contributed by atoms with Crippen molar-refractivity contribution >= 4 is 27.8 Å². The van der Waals surface area contributed by atoms with Crippen molar-refractivity contribution in [2.45, 2.75) is 25.7 Å². The Balaban J connectivity index is 3.76. The third-order valence-electron chi connectivity index (χ3n) is 1.05. The summed E-state index contributed by atoms with van der Waals surface area (Å²) in [5.41, 5.74) is -0.481. The van der Waals surface area contributed by atoms with E-state index >= 15 is 0 Å². The van der Waals surface area contributed by atoms with Crippen molar-refractivity contribution in [3.8, 4) is 0 Å². The summed E-state index contributed by atoms with van der Waals surface area (Å²) in [6.07, 6.45) is 0.278. The Hall–Kier alpha value is -0.270. The van der Waals surface area contributed by atoms with E-state index in [1.54, 1.807) is 13.8 Å². The molecular formula is C6H13NO4S2. The van der Waals surface area contributed by atoms with Crippen LogP contribution in [-0.2, 0) is 19.6 Å². The fourth-order valence-corrected chi connectivity index (χ4v) is 2.19. The largest absolute Gasteiger partial charge is 0.452 e. The molecule has 0 aliphatic heterocycles. The highest BCUT2D eigenvalue weighted by Crippen LogP contribution is 2.13. The monoisotopic (exact) mass is 227 g/mol. The SMILES string of the molecule is CCC(=O)OC(C)SCS(N)(=O)=O. The number of sulfonamides is 1. The van der Waals surface area contributed by atoms with Crippen molar-refractivity contribution in [3.05, 3.63) is 0 Å². The fourth-order valence-electron chi connectivity index (χ4n) is 0.493. The minimum Gasteiger partial charge on any atom is -0.452 e. The minimum absolute atomic E-state index is 0.245. The lowest BCUT2D eigenvalue weighted by Gasteiger charge is -2.10. The summed E-state index contributed by atoms with van der Waals surface area (Å²) < 4.78 is 25.8. The van der Waals surface area contributed by atoms with Crippen LogP contribution in [0, 0.1) is 0 Å². The number of hydrogen-bond donors (Lipinski definition) is 1. The van der Waals surface area contributed by atoms with Gasteiger partial charge in [-0.1, -0.05) is 6.92 Å². The van der Waals surface area contributed by atoms with Gasteiger partial charge in [0, 0.05) is 6.42 Å².